The molecular formula is C13H25NO3. The first-order chi connectivity index (χ1) is 8.26. The zero-order valence-corrected chi connectivity index (χ0v) is 11.1. The summed E-state index contributed by atoms with van der Waals surface area (Å²) in [6.07, 6.45) is 5.53. The molecule has 0 bridgehead atoms. The van der Waals surface area contributed by atoms with E-state index in [1.807, 2.05) is 0 Å². The van der Waals surface area contributed by atoms with Crippen LogP contribution in [-0.2, 0) is 14.3 Å². The SMILES string of the molecule is CCCCCCN1CCOC(CC(=O)OC)C1. The first-order valence-electron chi connectivity index (χ1n) is 6.67. The number of hydrogen-bond donors (Lipinski definition) is 0. The Hall–Kier alpha value is -0.610. The van der Waals surface area contributed by atoms with E-state index in [2.05, 4.69) is 16.6 Å². The molecule has 0 saturated carbocycles. The van der Waals surface area contributed by atoms with Crippen molar-refractivity contribution in [1.82, 2.24) is 4.90 Å². The predicted molar refractivity (Wildman–Crippen MR) is 67.0 cm³/mol. The van der Waals surface area contributed by atoms with Gasteiger partial charge in [0.15, 0.2) is 0 Å². The van der Waals surface area contributed by atoms with E-state index in [-0.39, 0.29) is 12.1 Å². The van der Waals surface area contributed by atoms with Crippen LogP contribution in [0.4, 0.5) is 0 Å². The molecule has 0 aromatic carbocycles. The van der Waals surface area contributed by atoms with Gasteiger partial charge in [-0.25, -0.2) is 0 Å². The molecule has 17 heavy (non-hydrogen) atoms. The van der Waals surface area contributed by atoms with E-state index in [1.165, 1.54) is 32.8 Å². The van der Waals surface area contributed by atoms with Gasteiger partial charge in [-0.3, -0.25) is 9.69 Å². The van der Waals surface area contributed by atoms with Crippen molar-refractivity contribution in [3.63, 3.8) is 0 Å². The van der Waals surface area contributed by atoms with Gasteiger partial charge in [0.1, 0.15) is 0 Å². The Bertz CT molecular complexity index is 221. The fourth-order valence-corrected chi connectivity index (χ4v) is 2.14. The summed E-state index contributed by atoms with van der Waals surface area (Å²) in [6.45, 7) is 5.93. The average Bonchev–Trinajstić information content (AvgIpc) is 2.35. The molecule has 1 heterocycles. The van der Waals surface area contributed by atoms with E-state index >= 15 is 0 Å². The van der Waals surface area contributed by atoms with Gasteiger partial charge in [0.25, 0.3) is 0 Å². The number of rotatable bonds is 7. The van der Waals surface area contributed by atoms with Crippen LogP contribution in [0.3, 0.4) is 0 Å². The molecule has 100 valence electrons. The number of hydrogen-bond acceptors (Lipinski definition) is 4. The van der Waals surface area contributed by atoms with E-state index in [1.54, 1.807) is 0 Å². The highest BCUT2D eigenvalue weighted by molar-refractivity contribution is 5.69. The second kappa shape index (κ2) is 8.48. The fourth-order valence-electron chi connectivity index (χ4n) is 2.14. The molecule has 0 aliphatic carbocycles. The van der Waals surface area contributed by atoms with Gasteiger partial charge in [0, 0.05) is 13.1 Å². The van der Waals surface area contributed by atoms with Crippen molar-refractivity contribution in [2.75, 3.05) is 33.4 Å². The Morgan fingerprint density at radius 1 is 1.41 bits per heavy atom. The zero-order chi connectivity index (χ0) is 12.5. The standard InChI is InChI=1S/C13H25NO3/c1-3-4-5-6-7-14-8-9-17-12(11-14)10-13(15)16-2/h12H,3-11H2,1-2H3. The number of methoxy groups -OCH3 is 1. The lowest BCUT2D eigenvalue weighted by Gasteiger charge is -2.32. The maximum absolute atomic E-state index is 11.2. The molecule has 0 N–H and O–H groups in total. The van der Waals surface area contributed by atoms with Crippen LogP contribution in [0.1, 0.15) is 39.0 Å². The topological polar surface area (TPSA) is 38.8 Å². The summed E-state index contributed by atoms with van der Waals surface area (Å²) in [6, 6.07) is 0. The zero-order valence-electron chi connectivity index (χ0n) is 11.1. The van der Waals surface area contributed by atoms with Crippen molar-refractivity contribution >= 4 is 5.97 Å². The molecule has 1 aliphatic rings. The molecule has 1 aliphatic heterocycles. The average molecular weight is 243 g/mol. The number of morpholine rings is 1. The molecule has 0 spiro atoms. The molecule has 4 heteroatoms. The highest BCUT2D eigenvalue weighted by Gasteiger charge is 2.22. The predicted octanol–water partition coefficient (Wildman–Crippen LogP) is 1.83. The summed E-state index contributed by atoms with van der Waals surface area (Å²) in [5, 5.41) is 0. The number of carbonyl (C=O) groups is 1. The van der Waals surface area contributed by atoms with Gasteiger partial charge < -0.3 is 9.47 Å². The minimum atomic E-state index is -0.178. The van der Waals surface area contributed by atoms with Crippen LogP contribution in [0.2, 0.25) is 0 Å². The van der Waals surface area contributed by atoms with Crippen LogP contribution in [0, 0.1) is 0 Å². The van der Waals surface area contributed by atoms with Crippen LogP contribution in [0.15, 0.2) is 0 Å². The van der Waals surface area contributed by atoms with E-state index < -0.39 is 0 Å². The molecule has 1 fully saturated rings. The maximum Gasteiger partial charge on any atom is 0.308 e. The summed E-state index contributed by atoms with van der Waals surface area (Å²) >= 11 is 0. The second-order valence-corrected chi connectivity index (χ2v) is 4.63. The monoisotopic (exact) mass is 243 g/mol. The summed E-state index contributed by atoms with van der Waals surface area (Å²) in [7, 11) is 1.42. The second-order valence-electron chi connectivity index (χ2n) is 4.63. The van der Waals surface area contributed by atoms with E-state index in [0.717, 1.165) is 26.2 Å². The summed E-state index contributed by atoms with van der Waals surface area (Å²) in [4.78, 5) is 13.6. The molecule has 0 amide bonds. The van der Waals surface area contributed by atoms with Crippen LogP contribution >= 0.6 is 0 Å². The Balaban J connectivity index is 2.17. The van der Waals surface area contributed by atoms with Crippen LogP contribution in [0.25, 0.3) is 0 Å². The van der Waals surface area contributed by atoms with Crippen molar-refractivity contribution in [3.05, 3.63) is 0 Å². The van der Waals surface area contributed by atoms with Gasteiger partial charge in [0.2, 0.25) is 0 Å². The molecular weight excluding hydrogens is 218 g/mol. The van der Waals surface area contributed by atoms with Crippen molar-refractivity contribution < 1.29 is 14.3 Å². The minimum Gasteiger partial charge on any atom is -0.469 e. The third-order valence-electron chi connectivity index (χ3n) is 3.17. The normalized spacial score (nSPS) is 21.4. The third kappa shape index (κ3) is 6.03. The highest BCUT2D eigenvalue weighted by Crippen LogP contribution is 2.11. The van der Waals surface area contributed by atoms with Crippen molar-refractivity contribution in [3.8, 4) is 0 Å². The van der Waals surface area contributed by atoms with Gasteiger partial charge in [-0.15, -0.1) is 0 Å². The van der Waals surface area contributed by atoms with E-state index in [4.69, 9.17) is 4.74 Å². The first-order valence-corrected chi connectivity index (χ1v) is 6.67. The Kier molecular flexibility index (Phi) is 7.21. The molecule has 1 unspecified atom stereocenters. The Labute approximate surface area is 104 Å². The molecule has 1 saturated heterocycles. The van der Waals surface area contributed by atoms with Crippen molar-refractivity contribution in [2.24, 2.45) is 0 Å². The molecule has 1 atom stereocenters. The summed E-state index contributed by atoms with van der Waals surface area (Å²) in [5.41, 5.74) is 0. The summed E-state index contributed by atoms with van der Waals surface area (Å²) in [5.74, 6) is -0.178. The molecule has 0 aromatic heterocycles. The first kappa shape index (κ1) is 14.5. The quantitative estimate of drug-likeness (QED) is 0.505. The maximum atomic E-state index is 11.2. The van der Waals surface area contributed by atoms with E-state index in [9.17, 15) is 4.79 Å². The van der Waals surface area contributed by atoms with Crippen molar-refractivity contribution in [2.45, 2.75) is 45.1 Å². The van der Waals surface area contributed by atoms with Gasteiger partial charge in [-0.2, -0.15) is 0 Å². The van der Waals surface area contributed by atoms with Crippen LogP contribution in [0.5, 0.6) is 0 Å². The van der Waals surface area contributed by atoms with Crippen LogP contribution < -0.4 is 0 Å². The van der Waals surface area contributed by atoms with Crippen LogP contribution in [-0.4, -0.2) is 50.3 Å². The lowest BCUT2D eigenvalue weighted by Crippen LogP contribution is -2.43. The van der Waals surface area contributed by atoms with Gasteiger partial charge >= 0.3 is 5.97 Å². The van der Waals surface area contributed by atoms with Gasteiger partial charge in [-0.1, -0.05) is 26.2 Å². The number of ether oxygens (including phenoxy) is 2. The lowest BCUT2D eigenvalue weighted by molar-refractivity contribution is -0.145. The van der Waals surface area contributed by atoms with Gasteiger partial charge in [0.05, 0.1) is 26.2 Å². The van der Waals surface area contributed by atoms with Crippen molar-refractivity contribution in [1.29, 1.82) is 0 Å². The number of carbonyl (C=O) groups excluding carboxylic acids is 1. The highest BCUT2D eigenvalue weighted by atomic mass is 16.5. The molecule has 1 rings (SSSR count). The minimum absolute atomic E-state index is 0.0161. The largest absolute Gasteiger partial charge is 0.469 e. The lowest BCUT2D eigenvalue weighted by atomic mass is 10.1. The number of unbranched alkanes of at least 4 members (excludes halogenated alkanes) is 3. The smallest absolute Gasteiger partial charge is 0.308 e. The molecule has 4 nitrogen and oxygen atoms in total. The molecule has 0 radical (unpaired) electrons. The summed E-state index contributed by atoms with van der Waals surface area (Å²) < 4.78 is 10.2. The fraction of sp³-hybridized carbons (Fsp3) is 0.923. The Morgan fingerprint density at radius 2 is 2.24 bits per heavy atom. The number of nitrogens with zero attached hydrogens (tertiary/aromatic N) is 1. The molecule has 0 aromatic rings. The van der Waals surface area contributed by atoms with E-state index in [0.29, 0.717) is 6.42 Å². The van der Waals surface area contributed by atoms with Gasteiger partial charge in [-0.05, 0) is 13.0 Å². The number of esters is 1. The third-order valence-corrected chi connectivity index (χ3v) is 3.17. The Morgan fingerprint density at radius 3 is 2.94 bits per heavy atom.